The van der Waals surface area contributed by atoms with Crippen LogP contribution in [0.4, 0.5) is 5.69 Å². The molecule has 1 fully saturated rings. The number of carbonyl (C=O) groups excluding carboxylic acids is 1. The van der Waals surface area contributed by atoms with Gasteiger partial charge in [-0.15, -0.1) is 0 Å². The molecule has 0 bridgehead atoms. The van der Waals surface area contributed by atoms with E-state index in [1.807, 2.05) is 6.07 Å². The minimum absolute atomic E-state index is 0.187. The van der Waals surface area contributed by atoms with E-state index in [4.69, 9.17) is 4.74 Å². The number of aromatic nitrogens is 1. The number of hydrogen-bond donors (Lipinski definition) is 2. The summed E-state index contributed by atoms with van der Waals surface area (Å²) in [7, 11) is 1.60. The second-order valence-corrected chi connectivity index (χ2v) is 4.79. The molecule has 1 aromatic heterocycles. The second kappa shape index (κ2) is 5.05. The van der Waals surface area contributed by atoms with Gasteiger partial charge < -0.3 is 20.3 Å². The molecule has 0 unspecified atom stereocenters. The number of carbonyl (C=O) groups is 1. The van der Waals surface area contributed by atoms with Gasteiger partial charge in [-0.05, 0) is 12.1 Å². The van der Waals surface area contributed by atoms with Gasteiger partial charge in [-0.1, -0.05) is 0 Å². The van der Waals surface area contributed by atoms with Crippen LogP contribution >= 0.6 is 0 Å². The summed E-state index contributed by atoms with van der Waals surface area (Å²) in [6.07, 6.45) is 0.971. The van der Waals surface area contributed by atoms with Crippen molar-refractivity contribution in [2.45, 2.75) is 12.5 Å². The molecule has 3 rings (SSSR count). The summed E-state index contributed by atoms with van der Waals surface area (Å²) in [6.45, 7) is 3.52. The highest BCUT2D eigenvalue weighted by Crippen LogP contribution is 2.32. The number of rotatable bonds is 1. The van der Waals surface area contributed by atoms with E-state index in [-0.39, 0.29) is 5.91 Å². The lowest BCUT2D eigenvalue weighted by molar-refractivity contribution is 0.0957. The lowest BCUT2D eigenvalue weighted by Crippen LogP contribution is -2.51. The quantitative estimate of drug-likeness (QED) is 0.746. The first-order chi connectivity index (χ1) is 9.29. The SMILES string of the molecule is CNC(=O)c1ccc2c(n1)OCC[C@H]1CNCCN21. The molecule has 0 spiro atoms. The number of fused-ring (bicyclic) bond motifs is 3. The van der Waals surface area contributed by atoms with Crippen molar-refractivity contribution < 1.29 is 9.53 Å². The van der Waals surface area contributed by atoms with Gasteiger partial charge in [0, 0.05) is 39.1 Å². The summed E-state index contributed by atoms with van der Waals surface area (Å²) in [5.74, 6) is 0.387. The maximum absolute atomic E-state index is 11.6. The third-order valence-corrected chi connectivity index (χ3v) is 3.65. The van der Waals surface area contributed by atoms with Crippen LogP contribution in [-0.4, -0.2) is 50.2 Å². The van der Waals surface area contributed by atoms with E-state index in [1.54, 1.807) is 13.1 Å². The smallest absolute Gasteiger partial charge is 0.269 e. The minimum atomic E-state index is -0.187. The molecule has 2 N–H and O–H groups in total. The molecule has 1 aromatic rings. The first-order valence-corrected chi connectivity index (χ1v) is 6.63. The van der Waals surface area contributed by atoms with Gasteiger partial charge in [0.25, 0.3) is 5.91 Å². The Morgan fingerprint density at radius 1 is 1.58 bits per heavy atom. The standard InChI is InChI=1S/C13H18N4O2/c1-14-12(18)10-2-3-11-13(16-10)19-7-4-9-8-15-5-6-17(9)11/h2-3,9,15H,4-8H2,1H3,(H,14,18)/t9-/m0/s1. The van der Waals surface area contributed by atoms with Gasteiger partial charge in [0.05, 0.1) is 6.61 Å². The van der Waals surface area contributed by atoms with E-state index in [9.17, 15) is 4.79 Å². The normalized spacial score (nSPS) is 21.7. The number of pyridine rings is 1. The highest BCUT2D eigenvalue weighted by Gasteiger charge is 2.28. The van der Waals surface area contributed by atoms with Crippen molar-refractivity contribution in [2.75, 3.05) is 38.2 Å². The van der Waals surface area contributed by atoms with Crippen LogP contribution in [0.25, 0.3) is 0 Å². The van der Waals surface area contributed by atoms with Crippen molar-refractivity contribution in [2.24, 2.45) is 0 Å². The summed E-state index contributed by atoms with van der Waals surface area (Å²) in [4.78, 5) is 18.3. The summed E-state index contributed by atoms with van der Waals surface area (Å²) in [5, 5.41) is 5.98. The molecule has 2 aliphatic heterocycles. The van der Waals surface area contributed by atoms with Crippen LogP contribution in [-0.2, 0) is 0 Å². The van der Waals surface area contributed by atoms with Gasteiger partial charge in [-0.3, -0.25) is 4.79 Å². The van der Waals surface area contributed by atoms with Crippen LogP contribution in [0.5, 0.6) is 5.88 Å². The molecule has 1 saturated heterocycles. The van der Waals surface area contributed by atoms with E-state index in [1.165, 1.54) is 0 Å². The molecular weight excluding hydrogens is 244 g/mol. The lowest BCUT2D eigenvalue weighted by Gasteiger charge is -2.36. The van der Waals surface area contributed by atoms with Crippen LogP contribution in [0.3, 0.4) is 0 Å². The number of amides is 1. The molecule has 2 aliphatic rings. The fraction of sp³-hybridized carbons (Fsp3) is 0.538. The lowest BCUT2D eigenvalue weighted by atomic mass is 10.1. The Labute approximate surface area is 112 Å². The Bertz CT molecular complexity index is 492. The number of ether oxygens (including phenoxy) is 1. The van der Waals surface area contributed by atoms with Crippen molar-refractivity contribution >= 4 is 11.6 Å². The summed E-state index contributed by atoms with van der Waals surface area (Å²) < 4.78 is 5.72. The third kappa shape index (κ3) is 2.23. The number of nitrogens with one attached hydrogen (secondary N) is 2. The zero-order valence-electron chi connectivity index (χ0n) is 11.0. The highest BCUT2D eigenvalue weighted by molar-refractivity contribution is 5.92. The molecule has 0 aliphatic carbocycles. The van der Waals surface area contributed by atoms with Gasteiger partial charge in [0.2, 0.25) is 5.88 Å². The van der Waals surface area contributed by atoms with Crippen molar-refractivity contribution in [3.8, 4) is 5.88 Å². The Kier molecular flexibility index (Phi) is 3.25. The van der Waals surface area contributed by atoms with Crippen LogP contribution in [0, 0.1) is 0 Å². The zero-order chi connectivity index (χ0) is 13.2. The van der Waals surface area contributed by atoms with Crippen LogP contribution in [0.2, 0.25) is 0 Å². The molecule has 102 valence electrons. The third-order valence-electron chi connectivity index (χ3n) is 3.65. The number of anilines is 1. The van der Waals surface area contributed by atoms with E-state index >= 15 is 0 Å². The van der Waals surface area contributed by atoms with Crippen LogP contribution < -0.4 is 20.3 Å². The van der Waals surface area contributed by atoms with Gasteiger partial charge in [0.15, 0.2) is 0 Å². The van der Waals surface area contributed by atoms with Crippen molar-refractivity contribution in [1.82, 2.24) is 15.6 Å². The molecular formula is C13H18N4O2. The van der Waals surface area contributed by atoms with E-state index in [0.717, 1.165) is 31.7 Å². The largest absolute Gasteiger partial charge is 0.476 e. The van der Waals surface area contributed by atoms with E-state index in [2.05, 4.69) is 20.5 Å². The molecule has 6 nitrogen and oxygen atoms in total. The molecule has 0 aromatic carbocycles. The molecule has 0 saturated carbocycles. The van der Waals surface area contributed by atoms with Crippen molar-refractivity contribution in [1.29, 1.82) is 0 Å². The maximum atomic E-state index is 11.6. The number of hydrogen-bond acceptors (Lipinski definition) is 5. The molecule has 3 heterocycles. The van der Waals surface area contributed by atoms with E-state index < -0.39 is 0 Å². The highest BCUT2D eigenvalue weighted by atomic mass is 16.5. The van der Waals surface area contributed by atoms with Crippen molar-refractivity contribution in [3.63, 3.8) is 0 Å². The summed E-state index contributed by atoms with van der Waals surface area (Å²) in [5.41, 5.74) is 1.39. The average molecular weight is 262 g/mol. The average Bonchev–Trinajstić information content (AvgIpc) is 2.65. The topological polar surface area (TPSA) is 66.5 Å². The predicted molar refractivity (Wildman–Crippen MR) is 71.7 cm³/mol. The first-order valence-electron chi connectivity index (χ1n) is 6.63. The molecule has 0 radical (unpaired) electrons. The number of nitrogens with zero attached hydrogens (tertiary/aromatic N) is 2. The number of piperazine rings is 1. The maximum Gasteiger partial charge on any atom is 0.269 e. The minimum Gasteiger partial charge on any atom is -0.476 e. The molecule has 1 atom stereocenters. The molecule has 6 heteroatoms. The van der Waals surface area contributed by atoms with E-state index in [0.29, 0.717) is 24.2 Å². The zero-order valence-corrected chi connectivity index (χ0v) is 11.0. The fourth-order valence-electron chi connectivity index (χ4n) is 2.64. The Morgan fingerprint density at radius 2 is 2.47 bits per heavy atom. The molecule has 1 amide bonds. The van der Waals surface area contributed by atoms with Crippen LogP contribution in [0.1, 0.15) is 16.9 Å². The molecule has 19 heavy (non-hydrogen) atoms. The van der Waals surface area contributed by atoms with Gasteiger partial charge in [-0.25, -0.2) is 4.98 Å². The second-order valence-electron chi connectivity index (χ2n) is 4.79. The van der Waals surface area contributed by atoms with Crippen molar-refractivity contribution in [3.05, 3.63) is 17.8 Å². The van der Waals surface area contributed by atoms with Gasteiger partial charge >= 0.3 is 0 Å². The Hall–Kier alpha value is -1.82. The Morgan fingerprint density at radius 3 is 3.32 bits per heavy atom. The summed E-state index contributed by atoms with van der Waals surface area (Å²) in [6, 6.07) is 4.14. The Balaban J connectivity index is 1.96. The predicted octanol–water partition coefficient (Wildman–Crippen LogP) is 0.00190. The monoisotopic (exact) mass is 262 g/mol. The van der Waals surface area contributed by atoms with Gasteiger partial charge in [-0.2, -0.15) is 0 Å². The van der Waals surface area contributed by atoms with Crippen LogP contribution in [0.15, 0.2) is 12.1 Å². The summed E-state index contributed by atoms with van der Waals surface area (Å²) >= 11 is 0. The van der Waals surface area contributed by atoms with Gasteiger partial charge in [0.1, 0.15) is 11.4 Å². The fourth-order valence-corrected chi connectivity index (χ4v) is 2.64. The first kappa shape index (κ1) is 12.2.